The molecule has 2 aromatic rings. The van der Waals surface area contributed by atoms with Gasteiger partial charge in [-0.1, -0.05) is 13.0 Å². The highest BCUT2D eigenvalue weighted by molar-refractivity contribution is 5.15. The first-order chi connectivity index (χ1) is 8.83. The molecule has 0 fully saturated rings. The van der Waals surface area contributed by atoms with Crippen LogP contribution in [0.15, 0.2) is 36.8 Å². The molecule has 2 rings (SSSR count). The van der Waals surface area contributed by atoms with E-state index in [-0.39, 0.29) is 6.04 Å². The Morgan fingerprint density at radius 3 is 2.50 bits per heavy atom. The molecule has 0 amide bonds. The molecule has 4 nitrogen and oxygen atoms in total. The Morgan fingerprint density at radius 1 is 1.17 bits per heavy atom. The van der Waals surface area contributed by atoms with Crippen molar-refractivity contribution >= 4 is 0 Å². The molecule has 4 heteroatoms. The third kappa shape index (κ3) is 3.11. The zero-order valence-electron chi connectivity index (χ0n) is 10.8. The van der Waals surface area contributed by atoms with E-state index < -0.39 is 0 Å². The third-order valence-corrected chi connectivity index (χ3v) is 2.95. The van der Waals surface area contributed by atoms with Crippen LogP contribution < -0.4 is 5.32 Å². The minimum atomic E-state index is 0.103. The SMILES string of the molecule is CCc1ccc(CC(NC)c2ncccn2)nc1. The van der Waals surface area contributed by atoms with E-state index in [0.29, 0.717) is 0 Å². The maximum absolute atomic E-state index is 4.47. The van der Waals surface area contributed by atoms with Gasteiger partial charge in [0.25, 0.3) is 0 Å². The van der Waals surface area contributed by atoms with Crippen LogP contribution in [0.5, 0.6) is 0 Å². The topological polar surface area (TPSA) is 50.7 Å². The van der Waals surface area contributed by atoms with Gasteiger partial charge in [0.2, 0.25) is 0 Å². The van der Waals surface area contributed by atoms with Crippen LogP contribution in [0.4, 0.5) is 0 Å². The summed E-state index contributed by atoms with van der Waals surface area (Å²) in [6, 6.07) is 6.13. The Balaban J connectivity index is 2.10. The summed E-state index contributed by atoms with van der Waals surface area (Å²) in [7, 11) is 1.92. The largest absolute Gasteiger partial charge is 0.310 e. The number of likely N-dealkylation sites (N-methyl/N-ethyl adjacent to an activating group) is 1. The number of aromatic nitrogens is 3. The first kappa shape index (κ1) is 12.6. The molecular weight excluding hydrogens is 224 g/mol. The number of aryl methyl sites for hydroxylation is 1. The summed E-state index contributed by atoms with van der Waals surface area (Å²) in [4.78, 5) is 13.0. The molecule has 1 unspecified atom stereocenters. The molecule has 2 aromatic heterocycles. The van der Waals surface area contributed by atoms with Crippen molar-refractivity contribution in [2.75, 3.05) is 7.05 Å². The minimum Gasteiger partial charge on any atom is -0.310 e. The number of nitrogens with one attached hydrogen (secondary N) is 1. The van der Waals surface area contributed by atoms with Crippen LogP contribution in [0.2, 0.25) is 0 Å². The molecule has 0 saturated carbocycles. The maximum Gasteiger partial charge on any atom is 0.145 e. The minimum absolute atomic E-state index is 0.103. The van der Waals surface area contributed by atoms with Crippen molar-refractivity contribution < 1.29 is 0 Å². The van der Waals surface area contributed by atoms with Crippen molar-refractivity contribution in [1.29, 1.82) is 0 Å². The van der Waals surface area contributed by atoms with Gasteiger partial charge in [-0.25, -0.2) is 9.97 Å². The fraction of sp³-hybridized carbons (Fsp3) is 0.357. The van der Waals surface area contributed by atoms with Crippen LogP contribution in [0.1, 0.15) is 30.0 Å². The summed E-state index contributed by atoms with van der Waals surface area (Å²) < 4.78 is 0. The van der Waals surface area contributed by atoms with Crippen molar-refractivity contribution in [3.63, 3.8) is 0 Å². The van der Waals surface area contributed by atoms with Crippen molar-refractivity contribution in [1.82, 2.24) is 20.3 Å². The van der Waals surface area contributed by atoms with E-state index in [1.807, 2.05) is 19.3 Å². The van der Waals surface area contributed by atoms with Gasteiger partial charge in [0.05, 0.1) is 6.04 Å². The van der Waals surface area contributed by atoms with E-state index in [1.54, 1.807) is 12.4 Å². The van der Waals surface area contributed by atoms with E-state index in [1.165, 1.54) is 5.56 Å². The molecule has 0 bridgehead atoms. The molecule has 0 saturated heterocycles. The molecule has 0 aromatic carbocycles. The molecule has 94 valence electrons. The number of hydrogen-bond acceptors (Lipinski definition) is 4. The van der Waals surface area contributed by atoms with Crippen molar-refractivity contribution in [2.24, 2.45) is 0 Å². The van der Waals surface area contributed by atoms with E-state index in [2.05, 4.69) is 39.3 Å². The van der Waals surface area contributed by atoms with Crippen molar-refractivity contribution in [3.8, 4) is 0 Å². The van der Waals surface area contributed by atoms with Gasteiger partial charge in [-0.15, -0.1) is 0 Å². The van der Waals surface area contributed by atoms with Crippen LogP contribution in [-0.2, 0) is 12.8 Å². The predicted molar refractivity (Wildman–Crippen MR) is 71.2 cm³/mol. The van der Waals surface area contributed by atoms with Gasteiger partial charge < -0.3 is 5.32 Å². The van der Waals surface area contributed by atoms with Crippen LogP contribution >= 0.6 is 0 Å². The van der Waals surface area contributed by atoms with Crippen LogP contribution in [0, 0.1) is 0 Å². The summed E-state index contributed by atoms with van der Waals surface area (Å²) in [6.45, 7) is 2.13. The van der Waals surface area contributed by atoms with Gasteiger partial charge in [-0.05, 0) is 31.2 Å². The summed E-state index contributed by atoms with van der Waals surface area (Å²) in [6.07, 6.45) is 7.28. The van der Waals surface area contributed by atoms with Gasteiger partial charge in [0.1, 0.15) is 5.82 Å². The van der Waals surface area contributed by atoms with Crippen LogP contribution in [0.25, 0.3) is 0 Å². The highest BCUT2D eigenvalue weighted by Gasteiger charge is 2.13. The Kier molecular flexibility index (Phi) is 4.36. The Bertz CT molecular complexity index is 467. The van der Waals surface area contributed by atoms with Crippen LogP contribution in [-0.4, -0.2) is 22.0 Å². The van der Waals surface area contributed by atoms with Gasteiger partial charge in [-0.3, -0.25) is 4.98 Å². The van der Waals surface area contributed by atoms with Crippen LogP contribution in [0.3, 0.4) is 0 Å². The lowest BCUT2D eigenvalue weighted by molar-refractivity contribution is 0.550. The molecule has 0 aliphatic heterocycles. The highest BCUT2D eigenvalue weighted by atomic mass is 15.0. The first-order valence-electron chi connectivity index (χ1n) is 6.21. The molecular formula is C14H18N4. The second kappa shape index (κ2) is 6.21. The number of hydrogen-bond donors (Lipinski definition) is 1. The van der Waals surface area contributed by atoms with Crippen molar-refractivity contribution in [2.45, 2.75) is 25.8 Å². The Labute approximate surface area is 108 Å². The quantitative estimate of drug-likeness (QED) is 0.870. The van der Waals surface area contributed by atoms with Gasteiger partial charge in [-0.2, -0.15) is 0 Å². The summed E-state index contributed by atoms with van der Waals surface area (Å²) in [5.41, 5.74) is 2.31. The monoisotopic (exact) mass is 242 g/mol. The lowest BCUT2D eigenvalue weighted by Crippen LogP contribution is -2.21. The highest BCUT2D eigenvalue weighted by Crippen LogP contribution is 2.13. The molecule has 0 aliphatic rings. The smallest absolute Gasteiger partial charge is 0.145 e. The molecule has 0 spiro atoms. The molecule has 0 radical (unpaired) electrons. The third-order valence-electron chi connectivity index (χ3n) is 2.95. The summed E-state index contributed by atoms with van der Waals surface area (Å²) in [5.74, 6) is 0.807. The van der Waals surface area contributed by atoms with E-state index >= 15 is 0 Å². The average Bonchev–Trinajstić information content (AvgIpc) is 2.46. The lowest BCUT2D eigenvalue weighted by atomic mass is 10.1. The Morgan fingerprint density at radius 2 is 1.94 bits per heavy atom. The molecule has 1 atom stereocenters. The second-order valence-corrected chi connectivity index (χ2v) is 4.16. The lowest BCUT2D eigenvalue weighted by Gasteiger charge is -2.14. The molecule has 0 aliphatic carbocycles. The van der Waals surface area contributed by atoms with Crippen molar-refractivity contribution in [3.05, 3.63) is 53.9 Å². The summed E-state index contributed by atoms with van der Waals surface area (Å²) in [5, 5.41) is 3.23. The fourth-order valence-electron chi connectivity index (χ4n) is 1.81. The molecule has 2 heterocycles. The second-order valence-electron chi connectivity index (χ2n) is 4.16. The summed E-state index contributed by atoms with van der Waals surface area (Å²) >= 11 is 0. The van der Waals surface area contributed by atoms with Gasteiger partial charge in [0.15, 0.2) is 0 Å². The fourth-order valence-corrected chi connectivity index (χ4v) is 1.81. The van der Waals surface area contributed by atoms with E-state index in [0.717, 1.165) is 24.4 Å². The number of rotatable bonds is 5. The standard InChI is InChI=1S/C14H18N4/c1-3-11-5-6-12(18-10-11)9-13(15-2)14-16-7-4-8-17-14/h4-8,10,13,15H,3,9H2,1-2H3. The van der Waals surface area contributed by atoms with E-state index in [9.17, 15) is 0 Å². The first-order valence-corrected chi connectivity index (χ1v) is 6.21. The maximum atomic E-state index is 4.47. The van der Waals surface area contributed by atoms with Gasteiger partial charge in [0, 0.05) is 30.7 Å². The number of nitrogens with zero attached hydrogens (tertiary/aromatic N) is 3. The average molecular weight is 242 g/mol. The van der Waals surface area contributed by atoms with Gasteiger partial charge >= 0.3 is 0 Å². The normalized spacial score (nSPS) is 12.3. The number of pyridine rings is 1. The molecule has 18 heavy (non-hydrogen) atoms. The zero-order valence-corrected chi connectivity index (χ0v) is 10.8. The predicted octanol–water partition coefficient (Wildman–Crippen LogP) is 1.94. The molecule has 1 N–H and O–H groups in total. The van der Waals surface area contributed by atoms with E-state index in [4.69, 9.17) is 0 Å². The zero-order chi connectivity index (χ0) is 12.8. The Hall–Kier alpha value is -1.81.